The number of aromatic nitrogens is 2. The maximum Gasteiger partial charge on any atom is 0.165 e. The molecule has 0 bridgehead atoms. The van der Waals surface area contributed by atoms with Crippen molar-refractivity contribution in [1.29, 1.82) is 0 Å². The highest BCUT2D eigenvalue weighted by atomic mass is 79.9. The summed E-state index contributed by atoms with van der Waals surface area (Å²) in [4.78, 5) is 7.19. The van der Waals surface area contributed by atoms with Crippen molar-refractivity contribution in [3.05, 3.63) is 40.6 Å². The van der Waals surface area contributed by atoms with E-state index in [-0.39, 0.29) is 0 Å². The van der Waals surface area contributed by atoms with E-state index in [0.29, 0.717) is 0 Å². The lowest BCUT2D eigenvalue weighted by molar-refractivity contribution is 1.06. The van der Waals surface area contributed by atoms with Crippen LogP contribution in [0, 0.1) is 0 Å². The fourth-order valence-corrected chi connectivity index (χ4v) is 2.60. The Morgan fingerprint density at radius 2 is 2.33 bits per heavy atom. The van der Waals surface area contributed by atoms with Crippen LogP contribution in [0.4, 0.5) is 5.69 Å². The van der Waals surface area contributed by atoms with E-state index in [9.17, 15) is 0 Å². The van der Waals surface area contributed by atoms with Crippen molar-refractivity contribution >= 4 is 33.4 Å². The van der Waals surface area contributed by atoms with Gasteiger partial charge in [0.05, 0.1) is 0 Å². The molecule has 0 spiro atoms. The number of aromatic amines is 1. The topological polar surface area (TPSA) is 54.7 Å². The lowest BCUT2D eigenvalue weighted by atomic mass is 10.2. The molecule has 2 aromatic rings. The lowest BCUT2D eigenvalue weighted by Crippen LogP contribution is -1.90. The summed E-state index contributed by atoms with van der Waals surface area (Å²) in [6.45, 7) is 0. The Labute approximate surface area is 101 Å². The Balaban J connectivity index is 2.08. The largest absolute Gasteiger partial charge is 0.398 e. The van der Waals surface area contributed by atoms with Gasteiger partial charge in [-0.05, 0) is 27.6 Å². The lowest BCUT2D eigenvalue weighted by Gasteiger charge is -2.05. The second-order valence-corrected chi connectivity index (χ2v) is 4.76. The molecule has 1 heterocycles. The number of benzene rings is 1. The number of halogens is 1. The average Bonchev–Trinajstić information content (AvgIpc) is 2.73. The van der Waals surface area contributed by atoms with Gasteiger partial charge >= 0.3 is 0 Å². The van der Waals surface area contributed by atoms with Gasteiger partial charge in [0, 0.05) is 28.3 Å². The summed E-state index contributed by atoms with van der Waals surface area (Å²) < 4.78 is 0.976. The van der Waals surface area contributed by atoms with Gasteiger partial charge in [-0.25, -0.2) is 4.98 Å². The van der Waals surface area contributed by atoms with Gasteiger partial charge in [-0.3, -0.25) is 0 Å². The van der Waals surface area contributed by atoms with Crippen molar-refractivity contribution < 1.29 is 0 Å². The van der Waals surface area contributed by atoms with Gasteiger partial charge in [-0.2, -0.15) is 0 Å². The fourth-order valence-electron chi connectivity index (χ4n) is 1.19. The van der Waals surface area contributed by atoms with E-state index in [1.54, 1.807) is 18.0 Å². The number of nitrogens with two attached hydrogens (primary N) is 1. The molecule has 0 aliphatic carbocycles. The molecule has 5 heteroatoms. The summed E-state index contributed by atoms with van der Waals surface area (Å²) in [5.41, 5.74) is 7.74. The Kier molecular flexibility index (Phi) is 3.33. The Bertz CT molecular complexity index is 442. The van der Waals surface area contributed by atoms with Crippen molar-refractivity contribution in [2.45, 2.75) is 10.9 Å². The summed E-state index contributed by atoms with van der Waals surface area (Å²) in [7, 11) is 0. The van der Waals surface area contributed by atoms with Gasteiger partial charge in [0.2, 0.25) is 0 Å². The first-order valence-electron chi connectivity index (χ1n) is 4.42. The van der Waals surface area contributed by atoms with E-state index in [4.69, 9.17) is 5.73 Å². The van der Waals surface area contributed by atoms with Gasteiger partial charge < -0.3 is 10.7 Å². The van der Waals surface area contributed by atoms with E-state index >= 15 is 0 Å². The number of rotatable bonds is 3. The zero-order chi connectivity index (χ0) is 10.7. The van der Waals surface area contributed by atoms with Crippen LogP contribution < -0.4 is 5.73 Å². The minimum Gasteiger partial charge on any atom is -0.398 e. The molecule has 15 heavy (non-hydrogen) atoms. The fraction of sp³-hybridized carbons (Fsp3) is 0.100. The number of hydrogen-bond acceptors (Lipinski definition) is 3. The second kappa shape index (κ2) is 4.72. The predicted octanol–water partition coefficient (Wildman–Crippen LogP) is 3.05. The molecule has 0 unspecified atom stereocenters. The van der Waals surface area contributed by atoms with Gasteiger partial charge in [0.25, 0.3) is 0 Å². The first-order chi connectivity index (χ1) is 7.27. The minimum absolute atomic E-state index is 0.771. The molecule has 0 amide bonds. The third-order valence-corrected chi connectivity index (χ3v) is 3.87. The number of nitrogens with zero attached hydrogens (tertiary/aromatic N) is 1. The van der Waals surface area contributed by atoms with Crippen LogP contribution >= 0.6 is 27.7 Å². The van der Waals surface area contributed by atoms with E-state index < -0.39 is 0 Å². The maximum absolute atomic E-state index is 5.79. The maximum atomic E-state index is 5.79. The first-order valence-corrected chi connectivity index (χ1v) is 6.20. The third kappa shape index (κ3) is 2.54. The van der Waals surface area contributed by atoms with Crippen LogP contribution in [0.15, 0.2) is 40.2 Å². The van der Waals surface area contributed by atoms with Crippen LogP contribution in [-0.4, -0.2) is 9.97 Å². The monoisotopic (exact) mass is 283 g/mol. The quantitative estimate of drug-likeness (QED) is 0.673. The van der Waals surface area contributed by atoms with Crippen molar-refractivity contribution in [3.63, 3.8) is 0 Å². The SMILES string of the molecule is Nc1cccc(CSc2ncc[nH]2)c1Br. The van der Waals surface area contributed by atoms with Crippen LogP contribution in [-0.2, 0) is 5.75 Å². The number of thioether (sulfide) groups is 1. The number of imidazole rings is 1. The van der Waals surface area contributed by atoms with E-state index in [2.05, 4.69) is 32.0 Å². The molecule has 0 aliphatic heterocycles. The zero-order valence-corrected chi connectivity index (χ0v) is 10.3. The number of nitrogen functional groups attached to an aromatic ring is 1. The number of nitrogens with one attached hydrogen (secondary N) is 1. The van der Waals surface area contributed by atoms with Crippen LogP contribution in [0.25, 0.3) is 0 Å². The molecule has 0 radical (unpaired) electrons. The minimum atomic E-state index is 0.771. The van der Waals surface area contributed by atoms with Gasteiger partial charge in [0.1, 0.15) is 0 Å². The highest BCUT2D eigenvalue weighted by molar-refractivity contribution is 9.10. The molecule has 1 aromatic carbocycles. The summed E-state index contributed by atoms with van der Waals surface area (Å²) >= 11 is 5.13. The van der Waals surface area contributed by atoms with Crippen LogP contribution in [0.3, 0.4) is 0 Å². The smallest absolute Gasteiger partial charge is 0.165 e. The van der Waals surface area contributed by atoms with Gasteiger partial charge in [-0.1, -0.05) is 23.9 Å². The van der Waals surface area contributed by atoms with Crippen LogP contribution in [0.2, 0.25) is 0 Å². The summed E-state index contributed by atoms with van der Waals surface area (Å²) in [6, 6.07) is 5.89. The molecule has 3 N–H and O–H groups in total. The molecule has 0 saturated heterocycles. The average molecular weight is 284 g/mol. The molecular weight excluding hydrogens is 274 g/mol. The van der Waals surface area contributed by atoms with Crippen molar-refractivity contribution in [1.82, 2.24) is 9.97 Å². The normalized spacial score (nSPS) is 10.5. The Hall–Kier alpha value is -0.940. The van der Waals surface area contributed by atoms with Gasteiger partial charge in [0.15, 0.2) is 5.16 Å². The molecule has 2 rings (SSSR count). The van der Waals surface area contributed by atoms with Crippen molar-refractivity contribution in [2.24, 2.45) is 0 Å². The summed E-state index contributed by atoms with van der Waals surface area (Å²) in [6.07, 6.45) is 3.56. The predicted molar refractivity (Wildman–Crippen MR) is 66.7 cm³/mol. The summed E-state index contributed by atoms with van der Waals surface area (Å²) in [5.74, 6) is 0.846. The van der Waals surface area contributed by atoms with Crippen LogP contribution in [0.1, 0.15) is 5.56 Å². The molecule has 0 atom stereocenters. The van der Waals surface area contributed by atoms with Crippen molar-refractivity contribution in [2.75, 3.05) is 5.73 Å². The molecule has 78 valence electrons. The zero-order valence-electron chi connectivity index (χ0n) is 7.90. The third-order valence-electron chi connectivity index (χ3n) is 1.95. The molecule has 1 aromatic heterocycles. The Morgan fingerprint density at radius 3 is 3.07 bits per heavy atom. The molecule has 3 nitrogen and oxygen atoms in total. The molecule has 0 fully saturated rings. The molecule has 0 aliphatic rings. The van der Waals surface area contributed by atoms with Crippen molar-refractivity contribution in [3.8, 4) is 0 Å². The standard InChI is InChI=1S/C10H10BrN3S/c11-9-7(2-1-3-8(9)12)6-15-10-13-4-5-14-10/h1-5H,6,12H2,(H,13,14). The van der Waals surface area contributed by atoms with E-state index in [1.165, 1.54) is 5.56 Å². The summed E-state index contributed by atoms with van der Waals surface area (Å²) in [5, 5.41) is 0.921. The van der Waals surface area contributed by atoms with Crippen LogP contribution in [0.5, 0.6) is 0 Å². The number of H-pyrrole nitrogens is 1. The highest BCUT2D eigenvalue weighted by Gasteiger charge is 2.04. The number of anilines is 1. The highest BCUT2D eigenvalue weighted by Crippen LogP contribution is 2.28. The van der Waals surface area contributed by atoms with E-state index in [1.807, 2.05) is 18.3 Å². The van der Waals surface area contributed by atoms with E-state index in [0.717, 1.165) is 21.1 Å². The first kappa shape index (κ1) is 10.6. The number of hydrogen-bond donors (Lipinski definition) is 2. The Morgan fingerprint density at radius 1 is 1.47 bits per heavy atom. The molecular formula is C10H10BrN3S. The second-order valence-electron chi connectivity index (χ2n) is 3.00. The van der Waals surface area contributed by atoms with Gasteiger partial charge in [-0.15, -0.1) is 0 Å². The molecule has 0 saturated carbocycles.